The monoisotopic (exact) mass is 465 g/mol. The number of hydrogen-bond donors (Lipinski definition) is 3. The molecule has 5 N–H and O–H groups in total. The molecule has 35 heavy (non-hydrogen) atoms. The topological polar surface area (TPSA) is 128 Å². The lowest BCUT2D eigenvalue weighted by molar-refractivity contribution is -0.119. The van der Waals surface area contributed by atoms with Crippen molar-refractivity contribution in [3.8, 4) is 0 Å². The molecule has 2 unspecified atom stereocenters. The first-order valence-electron chi connectivity index (χ1n) is 11.5. The summed E-state index contributed by atoms with van der Waals surface area (Å²) in [5.41, 5.74) is 16.4. The predicted octanol–water partition coefficient (Wildman–Crippen LogP) is 2.93. The number of nitrogens with zero attached hydrogens (tertiary/aromatic N) is 4. The molecule has 3 aromatic heterocycles. The highest BCUT2D eigenvalue weighted by molar-refractivity contribution is 5.84. The van der Waals surface area contributed by atoms with Crippen molar-refractivity contribution in [2.24, 2.45) is 11.5 Å². The molecule has 0 bridgehead atoms. The minimum atomic E-state index is -0.923. The SMILES string of the molecule is NC(=O)C(N)C(Cc1c[nH]c2ccccc12)c1nnc(Cc2ccccc2)n1Cc1ccncc1. The smallest absolute Gasteiger partial charge is 0.235 e. The molecule has 2 aromatic carbocycles. The predicted molar refractivity (Wildman–Crippen MR) is 135 cm³/mol. The van der Waals surface area contributed by atoms with Gasteiger partial charge in [0.2, 0.25) is 5.91 Å². The molecule has 0 saturated heterocycles. The highest BCUT2D eigenvalue weighted by Crippen LogP contribution is 2.28. The second-order valence-corrected chi connectivity index (χ2v) is 8.68. The number of H-pyrrole nitrogens is 1. The summed E-state index contributed by atoms with van der Waals surface area (Å²) in [7, 11) is 0. The first-order chi connectivity index (χ1) is 17.1. The standard InChI is InChI=1S/C27H27N7O/c28-25(26(29)35)22(15-20-16-31-23-9-5-4-8-21(20)23)27-33-32-24(14-18-6-2-1-3-7-18)34(27)17-19-10-12-30-13-11-19/h1-13,16,22,25,31H,14-15,17,28H2,(H2,29,35). The van der Waals surface area contributed by atoms with E-state index in [4.69, 9.17) is 11.5 Å². The number of primary amides is 1. The van der Waals surface area contributed by atoms with Gasteiger partial charge in [0.25, 0.3) is 0 Å². The average molecular weight is 466 g/mol. The van der Waals surface area contributed by atoms with Crippen molar-refractivity contribution in [3.05, 3.63) is 114 Å². The van der Waals surface area contributed by atoms with E-state index in [-0.39, 0.29) is 0 Å². The van der Waals surface area contributed by atoms with Crippen LogP contribution in [0, 0.1) is 0 Å². The Balaban J connectivity index is 1.58. The second kappa shape index (κ2) is 9.90. The number of nitrogens with two attached hydrogens (primary N) is 2. The van der Waals surface area contributed by atoms with Crippen LogP contribution in [0.1, 0.15) is 34.3 Å². The van der Waals surface area contributed by atoms with Crippen LogP contribution in [0.3, 0.4) is 0 Å². The van der Waals surface area contributed by atoms with Gasteiger partial charge in [0.15, 0.2) is 0 Å². The number of nitrogens with one attached hydrogen (secondary N) is 1. The minimum absolute atomic E-state index is 0.453. The number of para-hydroxylation sites is 1. The molecule has 0 saturated carbocycles. The minimum Gasteiger partial charge on any atom is -0.368 e. The Morgan fingerprint density at radius 3 is 2.46 bits per heavy atom. The van der Waals surface area contributed by atoms with Gasteiger partial charge < -0.3 is 21.0 Å². The van der Waals surface area contributed by atoms with E-state index in [0.717, 1.165) is 33.4 Å². The van der Waals surface area contributed by atoms with E-state index in [0.29, 0.717) is 25.2 Å². The summed E-state index contributed by atoms with van der Waals surface area (Å²) < 4.78 is 2.06. The number of rotatable bonds is 9. The number of benzene rings is 2. The Morgan fingerprint density at radius 2 is 1.69 bits per heavy atom. The highest BCUT2D eigenvalue weighted by atomic mass is 16.1. The Labute approximate surface area is 203 Å². The molecule has 0 radical (unpaired) electrons. The van der Waals surface area contributed by atoms with Crippen LogP contribution in [0.4, 0.5) is 0 Å². The van der Waals surface area contributed by atoms with Crippen LogP contribution in [-0.4, -0.2) is 36.7 Å². The van der Waals surface area contributed by atoms with Crippen molar-refractivity contribution < 1.29 is 4.79 Å². The van der Waals surface area contributed by atoms with Crippen LogP contribution in [0.2, 0.25) is 0 Å². The lowest BCUT2D eigenvalue weighted by Gasteiger charge is -2.22. The fourth-order valence-corrected chi connectivity index (χ4v) is 4.49. The van der Waals surface area contributed by atoms with E-state index in [1.54, 1.807) is 12.4 Å². The van der Waals surface area contributed by atoms with Crippen molar-refractivity contribution in [1.29, 1.82) is 0 Å². The van der Waals surface area contributed by atoms with Gasteiger partial charge in [-0.05, 0) is 41.3 Å². The Morgan fingerprint density at radius 1 is 0.943 bits per heavy atom. The quantitative estimate of drug-likeness (QED) is 0.308. The maximum Gasteiger partial charge on any atom is 0.235 e. The average Bonchev–Trinajstić information content (AvgIpc) is 3.47. The zero-order valence-electron chi connectivity index (χ0n) is 19.2. The largest absolute Gasteiger partial charge is 0.368 e. The molecule has 1 amide bonds. The molecule has 0 aliphatic heterocycles. The van der Waals surface area contributed by atoms with E-state index in [9.17, 15) is 4.79 Å². The van der Waals surface area contributed by atoms with Crippen molar-refractivity contribution >= 4 is 16.8 Å². The lowest BCUT2D eigenvalue weighted by atomic mass is 9.91. The van der Waals surface area contributed by atoms with E-state index in [2.05, 4.69) is 42.9 Å². The van der Waals surface area contributed by atoms with Gasteiger partial charge in [-0.25, -0.2) is 0 Å². The number of amides is 1. The van der Waals surface area contributed by atoms with Gasteiger partial charge in [0.05, 0.1) is 12.6 Å². The Hall–Kier alpha value is -4.30. The first-order valence-corrected chi connectivity index (χ1v) is 11.5. The zero-order chi connectivity index (χ0) is 24.2. The number of carbonyl (C=O) groups is 1. The summed E-state index contributed by atoms with van der Waals surface area (Å²) in [6.45, 7) is 0.531. The molecule has 176 valence electrons. The normalized spacial score (nSPS) is 13.1. The summed E-state index contributed by atoms with van der Waals surface area (Å²) in [4.78, 5) is 19.7. The fraction of sp³-hybridized carbons (Fsp3) is 0.185. The number of fused-ring (bicyclic) bond motifs is 1. The molecule has 0 spiro atoms. The number of carbonyl (C=O) groups excluding carboxylic acids is 1. The Kier molecular flexibility index (Phi) is 6.36. The van der Waals surface area contributed by atoms with Crippen LogP contribution in [0.25, 0.3) is 10.9 Å². The van der Waals surface area contributed by atoms with Gasteiger partial charge in [-0.2, -0.15) is 0 Å². The second-order valence-electron chi connectivity index (χ2n) is 8.68. The van der Waals surface area contributed by atoms with Crippen LogP contribution in [-0.2, 0) is 24.2 Å². The first kappa shape index (κ1) is 22.5. The Bertz CT molecular complexity index is 1430. The summed E-state index contributed by atoms with van der Waals surface area (Å²) >= 11 is 0. The van der Waals surface area contributed by atoms with Crippen LogP contribution >= 0.6 is 0 Å². The number of hydrogen-bond acceptors (Lipinski definition) is 5. The molecule has 0 aliphatic carbocycles. The number of aromatic amines is 1. The van der Waals surface area contributed by atoms with Gasteiger partial charge in [-0.3, -0.25) is 9.78 Å². The van der Waals surface area contributed by atoms with Crippen LogP contribution in [0.5, 0.6) is 0 Å². The summed E-state index contributed by atoms with van der Waals surface area (Å²) in [5.74, 6) is 0.413. The molecule has 0 fully saturated rings. The maximum absolute atomic E-state index is 12.3. The fourth-order valence-electron chi connectivity index (χ4n) is 4.49. The molecule has 3 heterocycles. The third-order valence-electron chi connectivity index (χ3n) is 6.36. The zero-order valence-corrected chi connectivity index (χ0v) is 19.2. The maximum atomic E-state index is 12.3. The number of pyridine rings is 1. The van der Waals surface area contributed by atoms with E-state index >= 15 is 0 Å². The molecule has 8 nitrogen and oxygen atoms in total. The molecule has 8 heteroatoms. The summed E-state index contributed by atoms with van der Waals surface area (Å²) in [6, 6.07) is 21.1. The van der Waals surface area contributed by atoms with E-state index < -0.39 is 17.9 Å². The summed E-state index contributed by atoms with van der Waals surface area (Å²) in [5, 5.41) is 10.2. The lowest BCUT2D eigenvalue weighted by Crippen LogP contribution is -2.43. The van der Waals surface area contributed by atoms with Gasteiger partial charge in [-0.1, -0.05) is 48.5 Å². The van der Waals surface area contributed by atoms with Crippen molar-refractivity contribution in [1.82, 2.24) is 24.7 Å². The van der Waals surface area contributed by atoms with Crippen molar-refractivity contribution in [2.45, 2.75) is 31.3 Å². The van der Waals surface area contributed by atoms with E-state index in [1.165, 1.54) is 0 Å². The molecule has 5 aromatic rings. The number of aromatic nitrogens is 5. The van der Waals surface area contributed by atoms with Gasteiger partial charge in [-0.15, -0.1) is 10.2 Å². The third-order valence-corrected chi connectivity index (χ3v) is 6.36. The van der Waals surface area contributed by atoms with Gasteiger partial charge in [0.1, 0.15) is 11.6 Å². The van der Waals surface area contributed by atoms with Gasteiger partial charge >= 0.3 is 0 Å². The molecule has 2 atom stereocenters. The van der Waals surface area contributed by atoms with Gasteiger partial charge in [0, 0.05) is 41.8 Å². The molecule has 5 rings (SSSR count). The van der Waals surface area contributed by atoms with Crippen molar-refractivity contribution in [2.75, 3.05) is 0 Å². The molecule has 0 aliphatic rings. The molecular weight excluding hydrogens is 438 g/mol. The van der Waals surface area contributed by atoms with Crippen LogP contribution in [0.15, 0.2) is 85.3 Å². The summed E-state index contributed by atoms with van der Waals surface area (Å²) in [6.07, 6.45) is 6.57. The van der Waals surface area contributed by atoms with Crippen molar-refractivity contribution in [3.63, 3.8) is 0 Å². The van der Waals surface area contributed by atoms with Crippen LogP contribution < -0.4 is 11.5 Å². The molecular formula is C27H27N7O. The third kappa shape index (κ3) is 4.83. The van der Waals surface area contributed by atoms with E-state index in [1.807, 2.05) is 54.7 Å². The highest BCUT2D eigenvalue weighted by Gasteiger charge is 2.31.